The van der Waals surface area contributed by atoms with E-state index in [0.29, 0.717) is 6.54 Å². The van der Waals surface area contributed by atoms with Crippen molar-refractivity contribution in [1.29, 1.82) is 0 Å². The summed E-state index contributed by atoms with van der Waals surface area (Å²) >= 11 is 7.65. The molecule has 29 heavy (non-hydrogen) atoms. The van der Waals surface area contributed by atoms with Crippen LogP contribution in [-0.2, 0) is 22.9 Å². The fourth-order valence-electron chi connectivity index (χ4n) is 3.30. The van der Waals surface area contributed by atoms with Gasteiger partial charge in [0.25, 0.3) is 0 Å². The number of rotatable bonds is 6. The van der Waals surface area contributed by atoms with Gasteiger partial charge in [-0.25, -0.2) is 8.42 Å². The van der Waals surface area contributed by atoms with Crippen LogP contribution in [0.5, 0.6) is 0 Å². The first-order valence-corrected chi connectivity index (χ1v) is 12.2. The Labute approximate surface area is 178 Å². The smallest absolute Gasteiger partial charge is 0.175 e. The van der Waals surface area contributed by atoms with Crippen molar-refractivity contribution in [3.05, 3.63) is 51.4 Å². The predicted octanol–water partition coefficient (Wildman–Crippen LogP) is 2.10. The molecule has 154 valence electrons. The topological polar surface area (TPSA) is 84.2 Å². The second-order valence-corrected chi connectivity index (χ2v) is 10.8. The van der Waals surface area contributed by atoms with Gasteiger partial charge < -0.3 is 0 Å². The number of aromatic nitrogens is 4. The Kier molecular flexibility index (Phi) is 5.98. The number of hydrogen-bond acceptors (Lipinski definition) is 8. The molecule has 1 aromatic carbocycles. The number of thiophene rings is 1. The number of sulfone groups is 1. The maximum absolute atomic E-state index is 11.6. The molecule has 4 rings (SSSR count). The van der Waals surface area contributed by atoms with Crippen LogP contribution in [0.15, 0.2) is 41.3 Å². The number of nitrogens with zero attached hydrogens (tertiary/aromatic N) is 6. The van der Waals surface area contributed by atoms with Crippen molar-refractivity contribution in [2.24, 2.45) is 0 Å². The van der Waals surface area contributed by atoms with E-state index in [9.17, 15) is 8.42 Å². The zero-order valence-electron chi connectivity index (χ0n) is 15.9. The zero-order chi connectivity index (χ0) is 20.4. The molecule has 0 bridgehead atoms. The molecule has 2 aromatic heterocycles. The Balaban J connectivity index is 1.37. The first-order chi connectivity index (χ1) is 13.9. The lowest BCUT2D eigenvalue weighted by Gasteiger charge is -2.34. The van der Waals surface area contributed by atoms with Crippen molar-refractivity contribution in [1.82, 2.24) is 30.0 Å². The number of halogens is 1. The monoisotopic (exact) mass is 452 g/mol. The standard InChI is InChI=1S/C18H21ClN6O2S2/c1-29(26,27)16-5-2-14(3-6-16)25-18(20-21-22-25)13-24-10-8-23(9-11-24)12-15-4-7-17(19)28-15/h2-7H,8-13H2,1H3. The van der Waals surface area contributed by atoms with Gasteiger partial charge in [-0.1, -0.05) is 11.6 Å². The van der Waals surface area contributed by atoms with Gasteiger partial charge in [0.2, 0.25) is 0 Å². The molecule has 0 saturated carbocycles. The summed E-state index contributed by atoms with van der Waals surface area (Å²) in [6, 6.07) is 10.6. The van der Waals surface area contributed by atoms with E-state index in [-0.39, 0.29) is 4.90 Å². The second-order valence-electron chi connectivity index (χ2n) is 7.03. The van der Waals surface area contributed by atoms with Crippen LogP contribution in [0.4, 0.5) is 0 Å². The Morgan fingerprint density at radius 3 is 2.24 bits per heavy atom. The van der Waals surface area contributed by atoms with E-state index < -0.39 is 9.84 Å². The summed E-state index contributed by atoms with van der Waals surface area (Å²) in [6.07, 6.45) is 1.19. The van der Waals surface area contributed by atoms with Crippen molar-refractivity contribution in [2.75, 3.05) is 32.4 Å². The van der Waals surface area contributed by atoms with Crippen LogP contribution in [0.1, 0.15) is 10.7 Å². The molecule has 0 aliphatic carbocycles. The minimum absolute atomic E-state index is 0.277. The van der Waals surface area contributed by atoms with Gasteiger partial charge in [0, 0.05) is 43.9 Å². The fourth-order valence-corrected chi connectivity index (χ4v) is 5.06. The Morgan fingerprint density at radius 1 is 1.00 bits per heavy atom. The summed E-state index contributed by atoms with van der Waals surface area (Å²) < 4.78 is 25.8. The lowest BCUT2D eigenvalue weighted by molar-refractivity contribution is 0.120. The largest absolute Gasteiger partial charge is 0.296 e. The van der Waals surface area contributed by atoms with Crippen molar-refractivity contribution in [3.63, 3.8) is 0 Å². The molecule has 0 radical (unpaired) electrons. The van der Waals surface area contributed by atoms with Gasteiger partial charge in [0.15, 0.2) is 15.7 Å². The number of piperazine rings is 1. The molecule has 3 heterocycles. The summed E-state index contributed by atoms with van der Waals surface area (Å²) in [5.74, 6) is 0.732. The third-order valence-electron chi connectivity index (χ3n) is 4.88. The maximum atomic E-state index is 11.6. The minimum Gasteiger partial charge on any atom is -0.296 e. The van der Waals surface area contributed by atoms with E-state index in [2.05, 4.69) is 31.4 Å². The molecule has 0 amide bonds. The zero-order valence-corrected chi connectivity index (χ0v) is 18.3. The van der Waals surface area contributed by atoms with Crippen LogP contribution in [0, 0.1) is 0 Å². The molecule has 1 aliphatic heterocycles. The van der Waals surface area contributed by atoms with Gasteiger partial charge in [-0.05, 0) is 46.8 Å². The van der Waals surface area contributed by atoms with Crippen LogP contribution in [0.2, 0.25) is 4.34 Å². The average molecular weight is 453 g/mol. The fraction of sp³-hybridized carbons (Fsp3) is 0.389. The van der Waals surface area contributed by atoms with E-state index in [1.54, 1.807) is 40.3 Å². The van der Waals surface area contributed by atoms with E-state index >= 15 is 0 Å². The van der Waals surface area contributed by atoms with Crippen molar-refractivity contribution in [2.45, 2.75) is 18.0 Å². The lowest BCUT2D eigenvalue weighted by Crippen LogP contribution is -2.45. The van der Waals surface area contributed by atoms with Crippen LogP contribution < -0.4 is 0 Å². The van der Waals surface area contributed by atoms with Gasteiger partial charge >= 0.3 is 0 Å². The quantitative estimate of drug-likeness (QED) is 0.566. The summed E-state index contributed by atoms with van der Waals surface area (Å²) in [7, 11) is -3.23. The van der Waals surface area contributed by atoms with E-state index in [1.807, 2.05) is 6.07 Å². The van der Waals surface area contributed by atoms with Crippen LogP contribution in [0.25, 0.3) is 5.69 Å². The number of hydrogen-bond donors (Lipinski definition) is 0. The molecule has 0 spiro atoms. The molecule has 0 unspecified atom stereocenters. The van der Waals surface area contributed by atoms with E-state index in [1.165, 1.54) is 11.1 Å². The molecular weight excluding hydrogens is 432 g/mol. The molecular formula is C18H21ClN6O2S2. The first kappa shape index (κ1) is 20.4. The highest BCUT2D eigenvalue weighted by molar-refractivity contribution is 7.90. The molecule has 0 atom stereocenters. The van der Waals surface area contributed by atoms with E-state index in [0.717, 1.165) is 48.6 Å². The van der Waals surface area contributed by atoms with Gasteiger partial charge in [0.05, 0.1) is 21.5 Å². The average Bonchev–Trinajstić information content (AvgIpc) is 3.31. The summed E-state index contributed by atoms with van der Waals surface area (Å²) in [5, 5.41) is 12.0. The van der Waals surface area contributed by atoms with Crippen molar-refractivity contribution >= 4 is 32.8 Å². The van der Waals surface area contributed by atoms with E-state index in [4.69, 9.17) is 11.6 Å². The molecule has 11 heteroatoms. The van der Waals surface area contributed by atoms with Crippen LogP contribution in [-0.4, -0.2) is 70.9 Å². The highest BCUT2D eigenvalue weighted by Gasteiger charge is 2.20. The molecule has 1 saturated heterocycles. The molecule has 3 aromatic rings. The van der Waals surface area contributed by atoms with Gasteiger partial charge in [-0.15, -0.1) is 16.4 Å². The Hall–Kier alpha value is -1.85. The SMILES string of the molecule is CS(=O)(=O)c1ccc(-n2nnnc2CN2CCN(Cc3ccc(Cl)s3)CC2)cc1. The maximum Gasteiger partial charge on any atom is 0.175 e. The van der Waals surface area contributed by atoms with Crippen molar-refractivity contribution in [3.8, 4) is 5.69 Å². The Bertz CT molecular complexity index is 1070. The first-order valence-electron chi connectivity index (χ1n) is 9.15. The normalized spacial score (nSPS) is 16.3. The summed E-state index contributed by atoms with van der Waals surface area (Å²) in [5.41, 5.74) is 0.741. The highest BCUT2D eigenvalue weighted by Crippen LogP contribution is 2.23. The predicted molar refractivity (Wildman–Crippen MR) is 112 cm³/mol. The highest BCUT2D eigenvalue weighted by atomic mass is 35.5. The third kappa shape index (κ3) is 5.01. The number of benzene rings is 1. The molecule has 8 nitrogen and oxygen atoms in total. The van der Waals surface area contributed by atoms with Gasteiger partial charge in [0.1, 0.15) is 0 Å². The molecule has 1 fully saturated rings. The van der Waals surface area contributed by atoms with Gasteiger partial charge in [-0.2, -0.15) is 4.68 Å². The minimum atomic E-state index is -3.23. The second kappa shape index (κ2) is 8.49. The van der Waals surface area contributed by atoms with Crippen molar-refractivity contribution < 1.29 is 8.42 Å². The number of tetrazole rings is 1. The van der Waals surface area contributed by atoms with Crippen LogP contribution >= 0.6 is 22.9 Å². The summed E-state index contributed by atoms with van der Waals surface area (Å²) in [6.45, 7) is 5.37. The van der Waals surface area contributed by atoms with Gasteiger partial charge in [-0.3, -0.25) is 9.80 Å². The molecule has 0 N–H and O–H groups in total. The third-order valence-corrected chi connectivity index (χ3v) is 7.23. The van der Waals surface area contributed by atoms with Crippen LogP contribution in [0.3, 0.4) is 0 Å². The summed E-state index contributed by atoms with van der Waals surface area (Å²) in [4.78, 5) is 6.31. The Morgan fingerprint density at radius 2 is 1.66 bits per heavy atom. The lowest BCUT2D eigenvalue weighted by atomic mass is 10.3. The molecule has 1 aliphatic rings.